The van der Waals surface area contributed by atoms with Crippen LogP contribution in [0.4, 0.5) is 4.39 Å². The van der Waals surface area contributed by atoms with Crippen molar-refractivity contribution in [3.8, 4) is 5.69 Å². The van der Waals surface area contributed by atoms with E-state index < -0.39 is 6.10 Å². The van der Waals surface area contributed by atoms with Crippen molar-refractivity contribution < 1.29 is 9.50 Å². The number of hydrogen-bond donors (Lipinski definition) is 2. The number of hydrogen-bond acceptors (Lipinski definition) is 3. The second-order valence-electron chi connectivity index (χ2n) is 6.22. The molecule has 0 amide bonds. The summed E-state index contributed by atoms with van der Waals surface area (Å²) in [6, 6.07) is 14.4. The third-order valence-electron chi connectivity index (χ3n) is 4.23. The van der Waals surface area contributed by atoms with E-state index in [-0.39, 0.29) is 11.9 Å². The molecule has 2 atom stereocenters. The number of aliphatic hydroxyl groups is 1. The van der Waals surface area contributed by atoms with Gasteiger partial charge in [0.25, 0.3) is 0 Å². The highest BCUT2D eigenvalue weighted by atomic mass is 19.1. The molecular weight excluding hydrogens is 317 g/mol. The Kier molecular flexibility index (Phi) is 5.58. The van der Waals surface area contributed by atoms with Gasteiger partial charge in [-0.25, -0.2) is 9.37 Å². The zero-order chi connectivity index (χ0) is 17.6. The van der Waals surface area contributed by atoms with Crippen molar-refractivity contribution in [3.63, 3.8) is 0 Å². The Morgan fingerprint density at radius 3 is 2.48 bits per heavy atom. The fraction of sp³-hybridized carbons (Fsp3) is 0.250. The third kappa shape index (κ3) is 4.75. The van der Waals surface area contributed by atoms with Crippen LogP contribution in [0.25, 0.3) is 5.69 Å². The molecule has 25 heavy (non-hydrogen) atoms. The molecule has 130 valence electrons. The van der Waals surface area contributed by atoms with Crippen LogP contribution in [0.2, 0.25) is 0 Å². The lowest BCUT2D eigenvalue weighted by Gasteiger charge is -2.18. The van der Waals surface area contributed by atoms with Gasteiger partial charge in [0.1, 0.15) is 5.82 Å². The third-order valence-corrected chi connectivity index (χ3v) is 4.23. The lowest BCUT2D eigenvalue weighted by Crippen LogP contribution is -2.27. The number of aromatic nitrogens is 2. The van der Waals surface area contributed by atoms with Gasteiger partial charge in [-0.3, -0.25) is 0 Å². The zero-order valence-electron chi connectivity index (χ0n) is 14.1. The summed E-state index contributed by atoms with van der Waals surface area (Å²) in [7, 11) is 0. The molecule has 0 bridgehead atoms. The quantitative estimate of drug-likeness (QED) is 0.691. The van der Waals surface area contributed by atoms with Crippen molar-refractivity contribution >= 4 is 0 Å². The maximum absolute atomic E-state index is 12.9. The number of benzene rings is 2. The second-order valence-corrected chi connectivity index (χ2v) is 6.22. The summed E-state index contributed by atoms with van der Waals surface area (Å²) < 4.78 is 14.9. The normalized spacial score (nSPS) is 13.6. The average Bonchev–Trinajstić information content (AvgIpc) is 3.15. The Morgan fingerprint density at radius 1 is 1.12 bits per heavy atom. The summed E-state index contributed by atoms with van der Waals surface area (Å²) in [5, 5.41) is 13.7. The van der Waals surface area contributed by atoms with E-state index in [1.165, 1.54) is 17.7 Å². The van der Waals surface area contributed by atoms with Gasteiger partial charge in [-0.05, 0) is 48.7 Å². The first-order valence-electron chi connectivity index (χ1n) is 8.36. The first-order valence-corrected chi connectivity index (χ1v) is 8.36. The number of nitrogens with one attached hydrogen (secondary N) is 1. The van der Waals surface area contributed by atoms with Crippen molar-refractivity contribution in [2.24, 2.45) is 0 Å². The van der Waals surface area contributed by atoms with Crippen molar-refractivity contribution in [2.45, 2.75) is 32.0 Å². The predicted octanol–water partition coefficient (Wildman–Crippen LogP) is 3.61. The molecule has 1 heterocycles. The predicted molar refractivity (Wildman–Crippen MR) is 95.8 cm³/mol. The van der Waals surface area contributed by atoms with Crippen LogP contribution in [-0.2, 0) is 6.54 Å². The van der Waals surface area contributed by atoms with Gasteiger partial charge in [-0.15, -0.1) is 0 Å². The fourth-order valence-electron chi connectivity index (χ4n) is 2.73. The van der Waals surface area contributed by atoms with E-state index in [0.717, 1.165) is 17.8 Å². The highest BCUT2D eigenvalue weighted by Gasteiger charge is 2.12. The van der Waals surface area contributed by atoms with Crippen LogP contribution >= 0.6 is 0 Å². The zero-order valence-corrected chi connectivity index (χ0v) is 14.1. The van der Waals surface area contributed by atoms with Crippen LogP contribution < -0.4 is 5.32 Å². The topological polar surface area (TPSA) is 50.1 Å². The number of nitrogens with zero attached hydrogens (tertiary/aromatic N) is 2. The fourth-order valence-corrected chi connectivity index (χ4v) is 2.73. The molecule has 2 unspecified atom stereocenters. The summed E-state index contributed by atoms with van der Waals surface area (Å²) in [6.07, 6.45) is 5.40. The number of aliphatic hydroxyl groups excluding tert-OH is 1. The maximum atomic E-state index is 12.9. The summed E-state index contributed by atoms with van der Waals surface area (Å²) in [6.45, 7) is 2.76. The Bertz CT molecular complexity index is 770. The SMILES string of the molecule is CC(CC(O)c1ccc(F)cc1)NCc1ccc(-n2ccnc2)cc1. The van der Waals surface area contributed by atoms with E-state index in [4.69, 9.17) is 0 Å². The first kappa shape index (κ1) is 17.3. The van der Waals surface area contributed by atoms with Crippen molar-refractivity contribution in [3.05, 3.63) is 84.2 Å². The van der Waals surface area contributed by atoms with E-state index in [2.05, 4.69) is 34.6 Å². The molecule has 0 fully saturated rings. The van der Waals surface area contributed by atoms with Crippen LogP contribution in [0.3, 0.4) is 0 Å². The molecule has 0 aliphatic rings. The summed E-state index contributed by atoms with van der Waals surface area (Å²) in [5.74, 6) is -0.290. The Morgan fingerprint density at radius 2 is 1.84 bits per heavy atom. The lowest BCUT2D eigenvalue weighted by atomic mass is 10.0. The van der Waals surface area contributed by atoms with E-state index in [9.17, 15) is 9.50 Å². The molecule has 0 saturated heterocycles. The van der Waals surface area contributed by atoms with Gasteiger partial charge < -0.3 is 15.0 Å². The van der Waals surface area contributed by atoms with Crippen LogP contribution in [-0.4, -0.2) is 20.7 Å². The molecule has 3 rings (SSSR count). The molecular formula is C20H22FN3O. The van der Waals surface area contributed by atoms with Gasteiger partial charge in [-0.2, -0.15) is 0 Å². The lowest BCUT2D eigenvalue weighted by molar-refractivity contribution is 0.153. The van der Waals surface area contributed by atoms with Gasteiger partial charge in [-0.1, -0.05) is 24.3 Å². The molecule has 0 aliphatic carbocycles. The average molecular weight is 339 g/mol. The Balaban J connectivity index is 1.50. The number of rotatable bonds is 7. The Hall–Kier alpha value is -2.50. The van der Waals surface area contributed by atoms with E-state index >= 15 is 0 Å². The van der Waals surface area contributed by atoms with Crippen molar-refractivity contribution in [1.29, 1.82) is 0 Å². The molecule has 3 aromatic rings. The highest BCUT2D eigenvalue weighted by Crippen LogP contribution is 2.19. The van der Waals surface area contributed by atoms with Crippen molar-refractivity contribution in [2.75, 3.05) is 0 Å². The molecule has 5 heteroatoms. The van der Waals surface area contributed by atoms with E-state index in [1.807, 2.05) is 17.7 Å². The van der Waals surface area contributed by atoms with Crippen LogP contribution in [0.5, 0.6) is 0 Å². The summed E-state index contributed by atoms with van der Waals surface area (Å²) >= 11 is 0. The van der Waals surface area contributed by atoms with Crippen LogP contribution in [0, 0.1) is 5.82 Å². The monoisotopic (exact) mass is 339 g/mol. The Labute approximate surface area is 147 Å². The van der Waals surface area contributed by atoms with Gasteiger partial charge >= 0.3 is 0 Å². The minimum absolute atomic E-state index is 0.133. The smallest absolute Gasteiger partial charge is 0.123 e. The van der Waals surface area contributed by atoms with Crippen molar-refractivity contribution in [1.82, 2.24) is 14.9 Å². The van der Waals surface area contributed by atoms with Gasteiger partial charge in [0.05, 0.1) is 12.4 Å². The molecule has 2 N–H and O–H groups in total. The molecule has 0 spiro atoms. The second kappa shape index (κ2) is 8.05. The highest BCUT2D eigenvalue weighted by molar-refractivity contribution is 5.34. The molecule has 2 aromatic carbocycles. The molecule has 0 saturated carbocycles. The molecule has 0 aliphatic heterocycles. The first-order chi connectivity index (χ1) is 12.1. The summed E-state index contributed by atoms with van der Waals surface area (Å²) in [4.78, 5) is 4.04. The van der Waals surface area contributed by atoms with E-state index in [1.54, 1.807) is 24.7 Å². The minimum atomic E-state index is -0.605. The molecule has 1 aromatic heterocycles. The van der Waals surface area contributed by atoms with Gasteiger partial charge in [0.2, 0.25) is 0 Å². The maximum Gasteiger partial charge on any atom is 0.123 e. The minimum Gasteiger partial charge on any atom is -0.388 e. The van der Waals surface area contributed by atoms with E-state index in [0.29, 0.717) is 6.42 Å². The molecule has 4 nitrogen and oxygen atoms in total. The van der Waals surface area contributed by atoms with Crippen LogP contribution in [0.1, 0.15) is 30.6 Å². The largest absolute Gasteiger partial charge is 0.388 e. The van der Waals surface area contributed by atoms with Gasteiger partial charge in [0.15, 0.2) is 0 Å². The molecule has 0 radical (unpaired) electrons. The van der Waals surface area contributed by atoms with Crippen LogP contribution in [0.15, 0.2) is 67.3 Å². The number of halogens is 1. The van der Waals surface area contributed by atoms with Gasteiger partial charge in [0, 0.05) is 30.7 Å². The number of imidazole rings is 1. The summed E-state index contributed by atoms with van der Waals surface area (Å²) in [5.41, 5.74) is 2.98. The standard InChI is InChI=1S/C20H22FN3O/c1-15(12-20(25)17-4-6-18(21)7-5-17)23-13-16-2-8-19(9-3-16)24-11-10-22-14-24/h2-11,14-15,20,23,25H,12-13H2,1H3.